The highest BCUT2D eigenvalue weighted by atomic mass is 16.5. The summed E-state index contributed by atoms with van der Waals surface area (Å²) < 4.78 is 5.30. The lowest BCUT2D eigenvalue weighted by molar-refractivity contribution is -0.122. The monoisotopic (exact) mass is 378 g/mol. The number of aromatic nitrogens is 2. The fourth-order valence-corrected chi connectivity index (χ4v) is 2.95. The summed E-state index contributed by atoms with van der Waals surface area (Å²) in [7, 11) is 3.99. The van der Waals surface area contributed by atoms with Crippen LogP contribution in [0.5, 0.6) is 0 Å². The van der Waals surface area contributed by atoms with Gasteiger partial charge in [0.15, 0.2) is 0 Å². The van der Waals surface area contributed by atoms with Gasteiger partial charge in [0.1, 0.15) is 0 Å². The fourth-order valence-electron chi connectivity index (χ4n) is 2.95. The molecule has 3 rings (SSSR count). The first-order valence-electron chi connectivity index (χ1n) is 9.40. The van der Waals surface area contributed by atoms with Crippen LogP contribution >= 0.6 is 0 Å². The van der Waals surface area contributed by atoms with E-state index in [0.29, 0.717) is 24.6 Å². The number of aryl methyl sites for hydroxylation is 2. The number of benzene rings is 2. The lowest BCUT2D eigenvalue weighted by Gasteiger charge is -2.22. The van der Waals surface area contributed by atoms with Crippen LogP contribution in [0, 0.1) is 6.92 Å². The van der Waals surface area contributed by atoms with Gasteiger partial charge in [0.2, 0.25) is 17.6 Å². The lowest BCUT2D eigenvalue weighted by atomic mass is 10.1. The average molecular weight is 378 g/mol. The van der Waals surface area contributed by atoms with E-state index in [4.69, 9.17) is 4.52 Å². The van der Waals surface area contributed by atoms with Crippen molar-refractivity contribution in [3.8, 4) is 11.4 Å². The smallest absolute Gasteiger partial charge is 0.227 e. The minimum absolute atomic E-state index is 0.0363. The van der Waals surface area contributed by atoms with Gasteiger partial charge in [-0.05, 0) is 26.6 Å². The summed E-state index contributed by atoms with van der Waals surface area (Å²) in [4.78, 5) is 18.9. The van der Waals surface area contributed by atoms with Gasteiger partial charge < -0.3 is 14.7 Å². The first kappa shape index (κ1) is 19.8. The molecule has 0 spiro atoms. The zero-order chi connectivity index (χ0) is 19.9. The van der Waals surface area contributed by atoms with Crippen molar-refractivity contribution in [1.82, 2.24) is 20.4 Å². The number of amides is 1. The first-order valence-corrected chi connectivity index (χ1v) is 9.40. The number of rotatable bonds is 8. The van der Waals surface area contributed by atoms with E-state index in [2.05, 4.69) is 20.4 Å². The van der Waals surface area contributed by atoms with E-state index in [1.807, 2.05) is 75.6 Å². The second-order valence-electron chi connectivity index (χ2n) is 7.17. The van der Waals surface area contributed by atoms with Gasteiger partial charge in [0, 0.05) is 24.9 Å². The lowest BCUT2D eigenvalue weighted by Crippen LogP contribution is -2.35. The quantitative estimate of drug-likeness (QED) is 0.650. The molecule has 0 aliphatic carbocycles. The van der Waals surface area contributed by atoms with Gasteiger partial charge in [-0.3, -0.25) is 4.79 Å². The standard InChI is InChI=1S/C22H26N4O2/c1-16-9-11-18(12-10-16)22-24-21(28-25-22)14-13-20(27)23-19(15-26(2)3)17-7-5-4-6-8-17/h4-12,19H,13-15H2,1-3H3,(H,23,27)/t19-/m0/s1. The molecule has 146 valence electrons. The molecular weight excluding hydrogens is 352 g/mol. The Labute approximate surface area is 165 Å². The molecule has 28 heavy (non-hydrogen) atoms. The molecule has 0 unspecified atom stereocenters. The van der Waals surface area contributed by atoms with Crippen LogP contribution < -0.4 is 5.32 Å². The van der Waals surface area contributed by atoms with Crippen LogP contribution in [0.4, 0.5) is 0 Å². The van der Waals surface area contributed by atoms with Gasteiger partial charge in [-0.1, -0.05) is 65.3 Å². The third-order valence-corrected chi connectivity index (χ3v) is 4.43. The number of carbonyl (C=O) groups excluding carboxylic acids is 1. The number of nitrogens with zero attached hydrogens (tertiary/aromatic N) is 3. The van der Waals surface area contributed by atoms with Gasteiger partial charge in [0.25, 0.3) is 0 Å². The Balaban J connectivity index is 1.58. The average Bonchev–Trinajstić information content (AvgIpc) is 3.16. The predicted octanol–water partition coefficient (Wildman–Crippen LogP) is 3.40. The summed E-state index contributed by atoms with van der Waals surface area (Å²) >= 11 is 0. The van der Waals surface area contributed by atoms with Crippen molar-refractivity contribution in [2.45, 2.75) is 25.8 Å². The van der Waals surface area contributed by atoms with E-state index in [1.165, 1.54) is 5.56 Å². The maximum Gasteiger partial charge on any atom is 0.227 e. The topological polar surface area (TPSA) is 71.3 Å². The van der Waals surface area contributed by atoms with Crippen molar-refractivity contribution in [2.24, 2.45) is 0 Å². The molecule has 0 aliphatic heterocycles. The van der Waals surface area contributed by atoms with Gasteiger partial charge in [-0.25, -0.2) is 0 Å². The van der Waals surface area contributed by atoms with E-state index >= 15 is 0 Å². The van der Waals surface area contributed by atoms with Crippen molar-refractivity contribution in [3.63, 3.8) is 0 Å². The molecular formula is C22H26N4O2. The number of hydrogen-bond acceptors (Lipinski definition) is 5. The molecule has 0 saturated carbocycles. The Hall–Kier alpha value is -2.99. The normalized spacial score (nSPS) is 12.1. The summed E-state index contributed by atoms with van der Waals surface area (Å²) in [5.41, 5.74) is 3.17. The van der Waals surface area contributed by atoms with Crippen molar-refractivity contribution < 1.29 is 9.32 Å². The van der Waals surface area contributed by atoms with Crippen molar-refractivity contribution >= 4 is 5.91 Å². The molecule has 6 heteroatoms. The zero-order valence-electron chi connectivity index (χ0n) is 16.6. The second-order valence-corrected chi connectivity index (χ2v) is 7.17. The molecule has 3 aromatic rings. The van der Waals surface area contributed by atoms with E-state index in [0.717, 1.165) is 17.7 Å². The van der Waals surface area contributed by atoms with Crippen LogP contribution in [-0.2, 0) is 11.2 Å². The molecule has 6 nitrogen and oxygen atoms in total. The van der Waals surface area contributed by atoms with E-state index in [-0.39, 0.29) is 11.9 Å². The number of likely N-dealkylation sites (N-methyl/N-ethyl adjacent to an activating group) is 1. The number of nitrogens with one attached hydrogen (secondary N) is 1. The van der Waals surface area contributed by atoms with Crippen LogP contribution in [0.2, 0.25) is 0 Å². The highest BCUT2D eigenvalue weighted by Crippen LogP contribution is 2.17. The molecule has 1 heterocycles. The summed E-state index contributed by atoms with van der Waals surface area (Å²) in [6.45, 7) is 2.76. The van der Waals surface area contributed by atoms with E-state index in [1.54, 1.807) is 0 Å². The molecule has 0 radical (unpaired) electrons. The Morgan fingerprint density at radius 2 is 1.82 bits per heavy atom. The van der Waals surface area contributed by atoms with Crippen LogP contribution in [-0.4, -0.2) is 41.6 Å². The molecule has 1 amide bonds. The van der Waals surface area contributed by atoms with Crippen LogP contribution in [0.25, 0.3) is 11.4 Å². The molecule has 0 bridgehead atoms. The van der Waals surface area contributed by atoms with Crippen molar-refractivity contribution in [2.75, 3.05) is 20.6 Å². The molecule has 1 N–H and O–H groups in total. The zero-order valence-corrected chi connectivity index (χ0v) is 16.6. The van der Waals surface area contributed by atoms with Gasteiger partial charge >= 0.3 is 0 Å². The number of hydrogen-bond donors (Lipinski definition) is 1. The van der Waals surface area contributed by atoms with Gasteiger partial charge in [-0.15, -0.1) is 0 Å². The van der Waals surface area contributed by atoms with E-state index in [9.17, 15) is 4.79 Å². The Morgan fingerprint density at radius 3 is 2.50 bits per heavy atom. The summed E-state index contributed by atoms with van der Waals surface area (Å²) in [5.74, 6) is 0.977. The Morgan fingerprint density at radius 1 is 1.11 bits per heavy atom. The maximum absolute atomic E-state index is 12.5. The van der Waals surface area contributed by atoms with Crippen molar-refractivity contribution in [1.29, 1.82) is 0 Å². The molecule has 2 aromatic carbocycles. The molecule has 1 aromatic heterocycles. The highest BCUT2D eigenvalue weighted by molar-refractivity contribution is 5.76. The van der Waals surface area contributed by atoms with Crippen molar-refractivity contribution in [3.05, 3.63) is 71.6 Å². The SMILES string of the molecule is Cc1ccc(-c2noc(CCC(=O)N[C@@H](CN(C)C)c3ccccc3)n2)cc1. The van der Waals surface area contributed by atoms with Crippen LogP contribution in [0.1, 0.15) is 29.5 Å². The number of carbonyl (C=O) groups is 1. The third kappa shape index (κ3) is 5.50. The molecule has 0 fully saturated rings. The summed E-state index contributed by atoms with van der Waals surface area (Å²) in [6.07, 6.45) is 0.709. The summed E-state index contributed by atoms with van der Waals surface area (Å²) in [5, 5.41) is 7.13. The second kappa shape index (κ2) is 9.28. The minimum Gasteiger partial charge on any atom is -0.348 e. The summed E-state index contributed by atoms with van der Waals surface area (Å²) in [6, 6.07) is 17.9. The Bertz CT molecular complexity index is 888. The molecule has 0 aliphatic rings. The Kier molecular flexibility index (Phi) is 6.55. The molecule has 1 atom stereocenters. The minimum atomic E-state index is -0.0606. The van der Waals surface area contributed by atoms with Gasteiger partial charge in [0.05, 0.1) is 6.04 Å². The molecule has 0 saturated heterocycles. The predicted molar refractivity (Wildman–Crippen MR) is 109 cm³/mol. The van der Waals surface area contributed by atoms with Crippen LogP contribution in [0.15, 0.2) is 59.1 Å². The maximum atomic E-state index is 12.5. The van der Waals surface area contributed by atoms with Crippen LogP contribution in [0.3, 0.4) is 0 Å². The van der Waals surface area contributed by atoms with Gasteiger partial charge in [-0.2, -0.15) is 4.98 Å². The van der Waals surface area contributed by atoms with E-state index < -0.39 is 0 Å². The largest absolute Gasteiger partial charge is 0.348 e. The fraction of sp³-hybridized carbons (Fsp3) is 0.318. The first-order chi connectivity index (χ1) is 13.5. The highest BCUT2D eigenvalue weighted by Gasteiger charge is 2.16. The third-order valence-electron chi connectivity index (χ3n) is 4.43.